The Labute approximate surface area is 200 Å². The number of nitrogens with zero attached hydrogens (tertiary/aromatic N) is 5. The van der Waals surface area contributed by atoms with Gasteiger partial charge >= 0.3 is 0 Å². The van der Waals surface area contributed by atoms with Crippen LogP contribution in [0.25, 0.3) is 10.2 Å². The Kier molecular flexibility index (Phi) is 6.08. The molecule has 0 radical (unpaired) electrons. The summed E-state index contributed by atoms with van der Waals surface area (Å²) in [5.74, 6) is 0. The third kappa shape index (κ3) is 4.81. The van der Waals surface area contributed by atoms with Crippen LogP contribution in [0.2, 0.25) is 0 Å². The van der Waals surface area contributed by atoms with Crippen molar-refractivity contribution in [3.8, 4) is 0 Å². The second-order valence-corrected chi connectivity index (χ2v) is 11.8. The molecule has 0 atom stereocenters. The molecule has 0 N–H and O–H groups in total. The van der Waals surface area contributed by atoms with Gasteiger partial charge in [0.15, 0.2) is 0 Å². The van der Waals surface area contributed by atoms with Gasteiger partial charge in [0.05, 0.1) is 21.6 Å². The van der Waals surface area contributed by atoms with Crippen LogP contribution in [-0.2, 0) is 17.3 Å². The number of hydrogen-bond donors (Lipinski definition) is 0. The third-order valence-corrected chi connectivity index (χ3v) is 7.20. The highest BCUT2D eigenvalue weighted by Crippen LogP contribution is 2.37. The summed E-state index contributed by atoms with van der Waals surface area (Å²) in [7, 11) is 0. The van der Waals surface area contributed by atoms with Gasteiger partial charge in [-0.05, 0) is 37.4 Å². The average Bonchev–Trinajstić information content (AvgIpc) is 3.07. The molecular formula is C27H33N5S. The average molecular weight is 460 g/mol. The third-order valence-electron chi connectivity index (χ3n) is 6.29. The smallest absolute Gasteiger partial charge is 0.116 e. The van der Waals surface area contributed by atoms with Gasteiger partial charge in [-0.1, -0.05) is 40.7 Å². The zero-order valence-corrected chi connectivity index (χ0v) is 21.5. The molecule has 4 heterocycles. The van der Waals surface area contributed by atoms with Crippen LogP contribution in [0.1, 0.15) is 72.0 Å². The zero-order chi connectivity index (χ0) is 23.9. The predicted molar refractivity (Wildman–Crippen MR) is 139 cm³/mol. The molecule has 1 aliphatic heterocycles. The first-order valence-electron chi connectivity index (χ1n) is 11.4. The van der Waals surface area contributed by atoms with E-state index in [4.69, 9.17) is 9.98 Å². The monoisotopic (exact) mass is 459 g/mol. The fourth-order valence-corrected chi connectivity index (χ4v) is 5.11. The van der Waals surface area contributed by atoms with Gasteiger partial charge in [0.2, 0.25) is 0 Å². The van der Waals surface area contributed by atoms with Gasteiger partial charge in [0.1, 0.15) is 6.33 Å². The first-order valence-corrected chi connectivity index (χ1v) is 12.3. The molecule has 0 amide bonds. The van der Waals surface area contributed by atoms with Crippen LogP contribution in [0.4, 0.5) is 0 Å². The molecule has 0 unspecified atom stereocenters. The molecule has 4 rings (SSSR count). The van der Waals surface area contributed by atoms with E-state index in [0.717, 1.165) is 45.1 Å². The van der Waals surface area contributed by atoms with Gasteiger partial charge < -0.3 is 0 Å². The van der Waals surface area contributed by atoms with Crippen molar-refractivity contribution in [2.45, 2.75) is 72.1 Å². The number of pyridine rings is 1. The van der Waals surface area contributed by atoms with Gasteiger partial charge in [-0.3, -0.25) is 15.0 Å². The molecule has 0 saturated carbocycles. The summed E-state index contributed by atoms with van der Waals surface area (Å²) in [6.07, 6.45) is 7.01. The minimum Gasteiger partial charge on any atom is -0.267 e. The Morgan fingerprint density at radius 1 is 0.970 bits per heavy atom. The maximum atomic E-state index is 5.22. The Balaban J connectivity index is 1.69. The minimum absolute atomic E-state index is 0.0199. The topological polar surface area (TPSA) is 63.4 Å². The SMILES string of the molecule is CC(C)(Cc1cccc(C(C)(C)C)n1)C1=CN=CCC(C(C)(C)c2ncnc3ccsc23)=N1. The van der Waals surface area contributed by atoms with E-state index in [1.165, 1.54) is 0 Å². The van der Waals surface area contributed by atoms with E-state index in [1.807, 2.05) is 18.5 Å². The summed E-state index contributed by atoms with van der Waals surface area (Å²) >= 11 is 1.68. The number of fused-ring (bicyclic) bond motifs is 1. The zero-order valence-electron chi connectivity index (χ0n) is 20.7. The summed E-state index contributed by atoms with van der Waals surface area (Å²) in [5, 5.41) is 2.07. The van der Waals surface area contributed by atoms with Crippen molar-refractivity contribution in [2.75, 3.05) is 0 Å². The molecule has 0 spiro atoms. The van der Waals surface area contributed by atoms with Crippen LogP contribution < -0.4 is 0 Å². The van der Waals surface area contributed by atoms with Crippen LogP contribution >= 0.6 is 11.3 Å². The predicted octanol–water partition coefficient (Wildman–Crippen LogP) is 6.69. The minimum atomic E-state index is -0.345. The second kappa shape index (κ2) is 8.56. The molecule has 0 aromatic carbocycles. The number of allylic oxidation sites excluding steroid dienone is 1. The first-order chi connectivity index (χ1) is 15.5. The lowest BCUT2D eigenvalue weighted by Crippen LogP contribution is -2.31. The Hall–Kier alpha value is -2.73. The van der Waals surface area contributed by atoms with Crippen molar-refractivity contribution in [3.63, 3.8) is 0 Å². The van der Waals surface area contributed by atoms with E-state index >= 15 is 0 Å². The molecule has 3 aromatic heterocycles. The van der Waals surface area contributed by atoms with Gasteiger partial charge in [-0.25, -0.2) is 9.97 Å². The molecule has 33 heavy (non-hydrogen) atoms. The Bertz CT molecular complexity index is 1250. The van der Waals surface area contributed by atoms with Crippen LogP contribution in [-0.4, -0.2) is 26.9 Å². The maximum Gasteiger partial charge on any atom is 0.116 e. The summed E-state index contributed by atoms with van der Waals surface area (Å²) in [6.45, 7) is 15.4. The van der Waals surface area contributed by atoms with Crippen molar-refractivity contribution in [1.82, 2.24) is 15.0 Å². The van der Waals surface area contributed by atoms with Gasteiger partial charge in [-0.2, -0.15) is 0 Å². The number of hydrogen-bond acceptors (Lipinski definition) is 6. The van der Waals surface area contributed by atoms with Crippen molar-refractivity contribution < 1.29 is 0 Å². The first kappa shape index (κ1) is 23.4. The molecule has 0 saturated heterocycles. The highest BCUT2D eigenvalue weighted by Gasteiger charge is 2.34. The van der Waals surface area contributed by atoms with Gasteiger partial charge in [0.25, 0.3) is 0 Å². The largest absolute Gasteiger partial charge is 0.267 e. The number of aromatic nitrogens is 3. The highest BCUT2D eigenvalue weighted by atomic mass is 32.1. The summed E-state index contributed by atoms with van der Waals surface area (Å²) in [6, 6.07) is 8.38. The van der Waals surface area contributed by atoms with Crippen molar-refractivity contribution in [1.29, 1.82) is 0 Å². The molecule has 3 aromatic rings. The lowest BCUT2D eigenvalue weighted by atomic mass is 9.80. The maximum absolute atomic E-state index is 5.22. The van der Waals surface area contributed by atoms with Crippen molar-refractivity contribution in [3.05, 3.63) is 65.0 Å². The van der Waals surface area contributed by atoms with Crippen LogP contribution in [0.15, 0.2) is 57.9 Å². The number of rotatable bonds is 5. The standard InChI is InChI=1S/C27H33N5S/c1-25(2,3)20-10-8-9-18(31-20)15-26(4,5)22-16-28-13-11-21(32-22)27(6,7)24-23-19(12-14-33-23)29-17-30-24/h8-10,12-14,16-17H,11,15H2,1-7H3. The summed E-state index contributed by atoms with van der Waals surface area (Å²) < 4.78 is 1.12. The summed E-state index contributed by atoms with van der Waals surface area (Å²) in [4.78, 5) is 23.9. The lowest BCUT2D eigenvalue weighted by molar-refractivity contribution is 0.429. The molecule has 5 nitrogen and oxygen atoms in total. The van der Waals surface area contributed by atoms with Gasteiger partial charge in [-0.15, -0.1) is 11.3 Å². The number of aliphatic imine (C=N–C) groups is 2. The van der Waals surface area contributed by atoms with E-state index in [1.54, 1.807) is 17.7 Å². The normalized spacial score (nSPS) is 15.4. The van der Waals surface area contributed by atoms with E-state index < -0.39 is 0 Å². The lowest BCUT2D eigenvalue weighted by Gasteiger charge is -2.29. The Morgan fingerprint density at radius 3 is 2.52 bits per heavy atom. The van der Waals surface area contributed by atoms with E-state index in [0.29, 0.717) is 6.42 Å². The van der Waals surface area contributed by atoms with Crippen LogP contribution in [0.5, 0.6) is 0 Å². The molecule has 0 fully saturated rings. The van der Waals surface area contributed by atoms with E-state index in [-0.39, 0.29) is 16.2 Å². The van der Waals surface area contributed by atoms with Crippen molar-refractivity contribution >= 4 is 33.5 Å². The van der Waals surface area contributed by atoms with Gasteiger partial charge in [0, 0.05) is 58.6 Å². The molecule has 0 bridgehead atoms. The molecule has 6 heteroatoms. The van der Waals surface area contributed by atoms with E-state index in [2.05, 4.69) is 87.0 Å². The molecule has 1 aliphatic rings. The molecule has 172 valence electrons. The fourth-order valence-electron chi connectivity index (χ4n) is 4.11. The molecule has 0 aliphatic carbocycles. The quantitative estimate of drug-likeness (QED) is 0.427. The summed E-state index contributed by atoms with van der Waals surface area (Å²) in [5.41, 5.74) is 5.68. The molecular weight excluding hydrogens is 426 g/mol. The van der Waals surface area contributed by atoms with Crippen LogP contribution in [0.3, 0.4) is 0 Å². The fraction of sp³-hybridized carbons (Fsp3) is 0.444. The number of thiophene rings is 1. The van der Waals surface area contributed by atoms with Crippen molar-refractivity contribution in [2.24, 2.45) is 15.4 Å². The van der Waals surface area contributed by atoms with E-state index in [9.17, 15) is 0 Å². The highest BCUT2D eigenvalue weighted by molar-refractivity contribution is 7.17. The van der Waals surface area contributed by atoms with Crippen LogP contribution in [0, 0.1) is 5.41 Å². The second-order valence-electron chi connectivity index (χ2n) is 10.9. The Morgan fingerprint density at radius 2 is 1.76 bits per heavy atom.